The van der Waals surface area contributed by atoms with Gasteiger partial charge in [0, 0.05) is 0 Å². The van der Waals surface area contributed by atoms with Crippen molar-refractivity contribution < 1.29 is 14.3 Å². The van der Waals surface area contributed by atoms with Crippen LogP contribution in [0.15, 0.2) is 12.1 Å². The molecule has 0 amide bonds. The fourth-order valence-corrected chi connectivity index (χ4v) is 1.63. The SMILES string of the molecule is COC(=O)c1ccc(OC)c2[nH]c(C)nc12. The summed E-state index contributed by atoms with van der Waals surface area (Å²) in [6, 6.07) is 3.36. The average molecular weight is 220 g/mol. The van der Waals surface area contributed by atoms with Gasteiger partial charge in [-0.25, -0.2) is 9.78 Å². The molecule has 0 bridgehead atoms. The van der Waals surface area contributed by atoms with E-state index in [1.807, 2.05) is 6.92 Å². The van der Waals surface area contributed by atoms with E-state index < -0.39 is 5.97 Å². The molecule has 2 rings (SSSR count). The van der Waals surface area contributed by atoms with E-state index >= 15 is 0 Å². The van der Waals surface area contributed by atoms with Crippen LogP contribution >= 0.6 is 0 Å². The summed E-state index contributed by atoms with van der Waals surface area (Å²) in [4.78, 5) is 18.8. The number of nitrogens with zero attached hydrogens (tertiary/aromatic N) is 1. The largest absolute Gasteiger partial charge is 0.494 e. The highest BCUT2D eigenvalue weighted by atomic mass is 16.5. The zero-order valence-corrected chi connectivity index (χ0v) is 9.33. The second kappa shape index (κ2) is 3.84. The molecule has 0 radical (unpaired) electrons. The van der Waals surface area contributed by atoms with Crippen LogP contribution < -0.4 is 4.74 Å². The molecule has 0 unspecified atom stereocenters. The summed E-state index contributed by atoms with van der Waals surface area (Å²) in [7, 11) is 2.92. The highest BCUT2D eigenvalue weighted by Gasteiger charge is 2.16. The number of esters is 1. The number of benzene rings is 1. The number of aromatic nitrogens is 2. The van der Waals surface area contributed by atoms with Gasteiger partial charge in [0.2, 0.25) is 0 Å². The number of imidazole rings is 1. The highest BCUT2D eigenvalue weighted by Crippen LogP contribution is 2.26. The number of rotatable bonds is 2. The molecule has 0 atom stereocenters. The summed E-state index contributed by atoms with van der Waals surface area (Å²) >= 11 is 0. The molecule has 0 aliphatic heterocycles. The fourth-order valence-electron chi connectivity index (χ4n) is 1.63. The molecule has 1 aromatic carbocycles. The topological polar surface area (TPSA) is 64.2 Å². The van der Waals surface area contributed by atoms with Crippen molar-refractivity contribution in [3.8, 4) is 5.75 Å². The molecule has 0 aliphatic carbocycles. The summed E-state index contributed by atoms with van der Waals surface area (Å²) in [6.07, 6.45) is 0. The number of H-pyrrole nitrogens is 1. The predicted molar refractivity (Wildman–Crippen MR) is 58.7 cm³/mol. The van der Waals surface area contributed by atoms with Crippen LogP contribution in [0, 0.1) is 6.92 Å². The molecule has 0 saturated carbocycles. The van der Waals surface area contributed by atoms with Crippen molar-refractivity contribution >= 4 is 17.0 Å². The number of methoxy groups -OCH3 is 2. The van der Waals surface area contributed by atoms with Crippen LogP contribution in [0.4, 0.5) is 0 Å². The molecule has 5 nitrogen and oxygen atoms in total. The number of aromatic amines is 1. The summed E-state index contributed by atoms with van der Waals surface area (Å²) in [5, 5.41) is 0. The van der Waals surface area contributed by atoms with Gasteiger partial charge in [-0.1, -0.05) is 0 Å². The van der Waals surface area contributed by atoms with Gasteiger partial charge in [-0.2, -0.15) is 0 Å². The first-order valence-corrected chi connectivity index (χ1v) is 4.79. The molecule has 0 spiro atoms. The molecule has 1 heterocycles. The number of carbonyl (C=O) groups is 1. The Balaban J connectivity index is 2.73. The number of hydrogen-bond donors (Lipinski definition) is 1. The van der Waals surface area contributed by atoms with E-state index in [0.717, 1.165) is 5.82 Å². The van der Waals surface area contributed by atoms with Gasteiger partial charge in [0.25, 0.3) is 0 Å². The maximum absolute atomic E-state index is 11.5. The molecule has 84 valence electrons. The Labute approximate surface area is 92.4 Å². The standard InChI is InChI=1S/C11H12N2O3/c1-6-12-9-7(11(14)16-3)4-5-8(15-2)10(9)13-6/h4-5H,1-3H3,(H,12,13). The van der Waals surface area contributed by atoms with E-state index in [1.54, 1.807) is 19.2 Å². The maximum atomic E-state index is 11.5. The average Bonchev–Trinajstić information content (AvgIpc) is 2.67. The zero-order valence-electron chi connectivity index (χ0n) is 9.33. The minimum absolute atomic E-state index is 0.404. The first-order chi connectivity index (χ1) is 7.67. The summed E-state index contributed by atoms with van der Waals surface area (Å²) in [5.74, 6) is 0.979. The number of nitrogens with one attached hydrogen (secondary N) is 1. The lowest BCUT2D eigenvalue weighted by molar-refractivity contribution is 0.0603. The maximum Gasteiger partial charge on any atom is 0.340 e. The minimum atomic E-state index is -0.404. The molecule has 1 aromatic heterocycles. The van der Waals surface area contributed by atoms with Gasteiger partial charge in [-0.05, 0) is 19.1 Å². The van der Waals surface area contributed by atoms with Crippen molar-refractivity contribution in [2.45, 2.75) is 6.92 Å². The van der Waals surface area contributed by atoms with Crippen molar-refractivity contribution in [3.63, 3.8) is 0 Å². The summed E-state index contributed by atoms with van der Waals surface area (Å²) < 4.78 is 9.88. The summed E-state index contributed by atoms with van der Waals surface area (Å²) in [6.45, 7) is 1.82. The zero-order chi connectivity index (χ0) is 11.7. The third-order valence-electron chi connectivity index (χ3n) is 2.35. The highest BCUT2D eigenvalue weighted by molar-refractivity contribution is 6.03. The van der Waals surface area contributed by atoms with Crippen LogP contribution in [0.2, 0.25) is 0 Å². The Hall–Kier alpha value is -2.04. The Bertz CT molecular complexity index is 545. The molecular formula is C11H12N2O3. The predicted octanol–water partition coefficient (Wildman–Crippen LogP) is 1.67. The van der Waals surface area contributed by atoms with Crippen molar-refractivity contribution in [1.29, 1.82) is 0 Å². The van der Waals surface area contributed by atoms with Gasteiger partial charge in [-0.15, -0.1) is 0 Å². The number of fused-ring (bicyclic) bond motifs is 1. The van der Waals surface area contributed by atoms with E-state index in [-0.39, 0.29) is 0 Å². The lowest BCUT2D eigenvalue weighted by atomic mass is 10.2. The summed E-state index contributed by atoms with van der Waals surface area (Å²) in [5.41, 5.74) is 1.72. The second-order valence-electron chi connectivity index (χ2n) is 3.35. The second-order valence-corrected chi connectivity index (χ2v) is 3.35. The van der Waals surface area contributed by atoms with E-state index in [0.29, 0.717) is 22.3 Å². The Morgan fingerprint density at radius 1 is 1.38 bits per heavy atom. The molecule has 2 aromatic rings. The molecule has 1 N–H and O–H groups in total. The molecule has 0 fully saturated rings. The number of hydrogen-bond acceptors (Lipinski definition) is 4. The van der Waals surface area contributed by atoms with Crippen LogP contribution in [-0.2, 0) is 4.74 Å². The van der Waals surface area contributed by atoms with Crippen LogP contribution in [-0.4, -0.2) is 30.2 Å². The van der Waals surface area contributed by atoms with Crippen molar-refractivity contribution in [2.24, 2.45) is 0 Å². The first-order valence-electron chi connectivity index (χ1n) is 4.79. The van der Waals surface area contributed by atoms with Crippen LogP contribution in [0.1, 0.15) is 16.2 Å². The van der Waals surface area contributed by atoms with E-state index in [9.17, 15) is 4.79 Å². The third kappa shape index (κ3) is 1.50. The van der Waals surface area contributed by atoms with Gasteiger partial charge in [-0.3, -0.25) is 0 Å². The van der Waals surface area contributed by atoms with E-state index in [1.165, 1.54) is 7.11 Å². The van der Waals surface area contributed by atoms with Crippen LogP contribution in [0.5, 0.6) is 5.75 Å². The Morgan fingerprint density at radius 2 is 2.12 bits per heavy atom. The van der Waals surface area contributed by atoms with Crippen LogP contribution in [0.25, 0.3) is 11.0 Å². The lowest BCUT2D eigenvalue weighted by Crippen LogP contribution is -2.02. The molecular weight excluding hydrogens is 208 g/mol. The number of aryl methyl sites for hydroxylation is 1. The van der Waals surface area contributed by atoms with Crippen LogP contribution in [0.3, 0.4) is 0 Å². The smallest absolute Gasteiger partial charge is 0.340 e. The van der Waals surface area contributed by atoms with Crippen molar-refractivity contribution in [1.82, 2.24) is 9.97 Å². The van der Waals surface area contributed by atoms with Gasteiger partial charge < -0.3 is 14.5 Å². The lowest BCUT2D eigenvalue weighted by Gasteiger charge is -2.04. The van der Waals surface area contributed by atoms with Crippen molar-refractivity contribution in [3.05, 3.63) is 23.5 Å². The molecule has 0 saturated heterocycles. The normalized spacial score (nSPS) is 10.4. The van der Waals surface area contributed by atoms with Gasteiger partial charge in [0.1, 0.15) is 22.6 Å². The molecule has 16 heavy (non-hydrogen) atoms. The van der Waals surface area contributed by atoms with Gasteiger partial charge in [0.05, 0.1) is 19.8 Å². The van der Waals surface area contributed by atoms with Crippen molar-refractivity contribution in [2.75, 3.05) is 14.2 Å². The number of ether oxygens (including phenoxy) is 2. The van der Waals surface area contributed by atoms with Gasteiger partial charge >= 0.3 is 5.97 Å². The molecule has 5 heteroatoms. The quantitative estimate of drug-likeness (QED) is 0.782. The molecule has 0 aliphatic rings. The number of carbonyl (C=O) groups excluding carboxylic acids is 1. The fraction of sp³-hybridized carbons (Fsp3) is 0.273. The monoisotopic (exact) mass is 220 g/mol. The third-order valence-corrected chi connectivity index (χ3v) is 2.35. The van der Waals surface area contributed by atoms with E-state index in [2.05, 4.69) is 9.97 Å². The Morgan fingerprint density at radius 3 is 2.75 bits per heavy atom. The first kappa shape index (κ1) is 10.5. The van der Waals surface area contributed by atoms with E-state index in [4.69, 9.17) is 9.47 Å². The minimum Gasteiger partial charge on any atom is -0.494 e. The Kier molecular flexibility index (Phi) is 2.52. The van der Waals surface area contributed by atoms with Gasteiger partial charge in [0.15, 0.2) is 0 Å².